The Labute approximate surface area is 237 Å². The van der Waals surface area contributed by atoms with Crippen LogP contribution in [-0.2, 0) is 26.2 Å². The van der Waals surface area contributed by atoms with Gasteiger partial charge < -0.3 is 10.2 Å². The molecule has 0 unspecified atom stereocenters. The highest BCUT2D eigenvalue weighted by atomic mass is 32.2. The summed E-state index contributed by atoms with van der Waals surface area (Å²) in [6.07, 6.45) is 1.02. The van der Waals surface area contributed by atoms with Crippen LogP contribution in [0.2, 0.25) is 0 Å². The quantitative estimate of drug-likeness (QED) is 0.319. The van der Waals surface area contributed by atoms with E-state index in [4.69, 9.17) is 0 Å². The fourth-order valence-electron chi connectivity index (χ4n) is 4.30. The third-order valence-corrected chi connectivity index (χ3v) is 8.62. The molecule has 2 atom stereocenters. The lowest BCUT2D eigenvalue weighted by Crippen LogP contribution is -2.53. The van der Waals surface area contributed by atoms with E-state index >= 15 is 0 Å². The highest BCUT2D eigenvalue weighted by Gasteiger charge is 2.34. The molecule has 40 heavy (non-hydrogen) atoms. The Morgan fingerprint density at radius 1 is 0.900 bits per heavy atom. The van der Waals surface area contributed by atoms with E-state index < -0.39 is 34.3 Å². The molecule has 0 radical (unpaired) electrons. The predicted octanol–water partition coefficient (Wildman–Crippen LogP) is 5.36. The molecule has 3 rings (SSSR count). The van der Waals surface area contributed by atoms with Crippen molar-refractivity contribution in [1.29, 1.82) is 0 Å². The molecule has 214 valence electrons. The van der Waals surface area contributed by atoms with Crippen LogP contribution in [0.25, 0.3) is 0 Å². The summed E-state index contributed by atoms with van der Waals surface area (Å²) in [7, 11) is -4.13. The maximum absolute atomic E-state index is 14.0. The van der Waals surface area contributed by atoms with Crippen molar-refractivity contribution in [3.63, 3.8) is 0 Å². The molecule has 0 saturated heterocycles. The number of carbonyl (C=O) groups is 2. The second-order valence-corrected chi connectivity index (χ2v) is 11.9. The van der Waals surface area contributed by atoms with Gasteiger partial charge >= 0.3 is 0 Å². The standard InChI is InChI=1S/C31H38FN3O4S/c1-6-24(5)33-31(37)29(7-2)34(20-25-13-15-26(32)16-14-25)30(36)21-35(27-10-8-9-23(4)19-27)40(38,39)28-17-11-22(3)12-18-28/h8-19,24,29H,6-7,20-21H2,1-5H3,(H,33,37)/t24-,29-/m1/s1. The molecule has 0 saturated carbocycles. The number of aryl methyl sites for hydroxylation is 2. The number of nitrogens with zero attached hydrogens (tertiary/aromatic N) is 2. The van der Waals surface area contributed by atoms with Gasteiger partial charge in [0.05, 0.1) is 10.6 Å². The van der Waals surface area contributed by atoms with Crippen LogP contribution in [-0.4, -0.2) is 43.8 Å². The van der Waals surface area contributed by atoms with Gasteiger partial charge in [0.2, 0.25) is 11.8 Å². The zero-order valence-corrected chi connectivity index (χ0v) is 24.5. The first kappa shape index (κ1) is 30.8. The third kappa shape index (κ3) is 7.69. The fraction of sp³-hybridized carbons (Fsp3) is 0.355. The topological polar surface area (TPSA) is 86.8 Å². The van der Waals surface area contributed by atoms with Gasteiger partial charge in [-0.05, 0) is 81.1 Å². The van der Waals surface area contributed by atoms with E-state index in [-0.39, 0.29) is 23.4 Å². The molecule has 0 fully saturated rings. The summed E-state index contributed by atoms with van der Waals surface area (Å²) in [5, 5.41) is 2.94. The average Bonchev–Trinajstić information content (AvgIpc) is 2.92. The van der Waals surface area contributed by atoms with Gasteiger partial charge in [-0.1, -0.05) is 55.8 Å². The van der Waals surface area contributed by atoms with E-state index in [9.17, 15) is 22.4 Å². The number of hydrogen-bond donors (Lipinski definition) is 1. The van der Waals surface area contributed by atoms with Crippen LogP contribution in [0.3, 0.4) is 0 Å². The molecule has 0 bridgehead atoms. The Morgan fingerprint density at radius 3 is 2.12 bits per heavy atom. The van der Waals surface area contributed by atoms with Gasteiger partial charge in [-0.3, -0.25) is 13.9 Å². The lowest BCUT2D eigenvalue weighted by molar-refractivity contribution is -0.140. The van der Waals surface area contributed by atoms with Crippen molar-refractivity contribution in [1.82, 2.24) is 10.2 Å². The maximum atomic E-state index is 14.0. The zero-order chi connectivity index (χ0) is 29.4. The van der Waals surface area contributed by atoms with E-state index in [0.717, 1.165) is 15.4 Å². The second-order valence-electron chi connectivity index (χ2n) is 10.1. The molecule has 1 N–H and O–H groups in total. The van der Waals surface area contributed by atoms with Crippen LogP contribution < -0.4 is 9.62 Å². The van der Waals surface area contributed by atoms with Crippen LogP contribution in [0.1, 0.15) is 50.3 Å². The molecule has 9 heteroatoms. The lowest BCUT2D eigenvalue weighted by atomic mass is 10.1. The van der Waals surface area contributed by atoms with Crippen LogP contribution >= 0.6 is 0 Å². The monoisotopic (exact) mass is 567 g/mol. The smallest absolute Gasteiger partial charge is 0.264 e. The Balaban J connectivity index is 2.05. The van der Waals surface area contributed by atoms with E-state index in [2.05, 4.69) is 5.32 Å². The van der Waals surface area contributed by atoms with Crippen molar-refractivity contribution >= 4 is 27.5 Å². The zero-order valence-electron chi connectivity index (χ0n) is 23.7. The molecule has 3 aromatic rings. The minimum absolute atomic E-state index is 0.0117. The fourth-order valence-corrected chi connectivity index (χ4v) is 5.70. The van der Waals surface area contributed by atoms with Crippen molar-refractivity contribution in [3.05, 3.63) is 95.3 Å². The molecule has 0 aliphatic heterocycles. The number of rotatable bonds is 12. The van der Waals surface area contributed by atoms with Crippen molar-refractivity contribution in [2.45, 2.75) is 71.0 Å². The maximum Gasteiger partial charge on any atom is 0.264 e. The number of amides is 2. The van der Waals surface area contributed by atoms with Crippen LogP contribution in [0, 0.1) is 19.7 Å². The number of halogens is 1. The Kier molecular flexibility index (Phi) is 10.5. The Hall–Kier alpha value is -3.72. The van der Waals surface area contributed by atoms with Gasteiger partial charge in [-0.25, -0.2) is 12.8 Å². The molecular formula is C31H38FN3O4S. The average molecular weight is 568 g/mol. The van der Waals surface area contributed by atoms with Gasteiger partial charge in [0, 0.05) is 12.6 Å². The van der Waals surface area contributed by atoms with E-state index in [1.165, 1.54) is 29.2 Å². The summed E-state index contributed by atoms with van der Waals surface area (Å²) in [5.74, 6) is -1.29. The summed E-state index contributed by atoms with van der Waals surface area (Å²) in [6, 6.07) is 18.1. The second kappa shape index (κ2) is 13.6. The third-order valence-electron chi connectivity index (χ3n) is 6.83. The molecular weight excluding hydrogens is 529 g/mol. The summed E-state index contributed by atoms with van der Waals surface area (Å²) in [6.45, 7) is 8.82. The van der Waals surface area contributed by atoms with Crippen molar-refractivity contribution < 1.29 is 22.4 Å². The van der Waals surface area contributed by atoms with Gasteiger partial charge in [-0.15, -0.1) is 0 Å². The number of anilines is 1. The van der Waals surface area contributed by atoms with Gasteiger partial charge in [-0.2, -0.15) is 0 Å². The highest BCUT2D eigenvalue weighted by Crippen LogP contribution is 2.26. The SMILES string of the molecule is CC[C@@H](C)NC(=O)[C@@H](CC)N(Cc1ccc(F)cc1)C(=O)CN(c1cccc(C)c1)S(=O)(=O)c1ccc(C)cc1. The number of nitrogens with one attached hydrogen (secondary N) is 1. The largest absolute Gasteiger partial charge is 0.352 e. The van der Waals surface area contributed by atoms with E-state index in [0.29, 0.717) is 24.1 Å². The van der Waals surface area contributed by atoms with Crippen LogP contribution in [0.15, 0.2) is 77.7 Å². The van der Waals surface area contributed by atoms with Gasteiger partial charge in [0.15, 0.2) is 0 Å². The summed E-state index contributed by atoms with van der Waals surface area (Å²) in [5.41, 5.74) is 2.69. The van der Waals surface area contributed by atoms with Crippen molar-refractivity contribution in [2.24, 2.45) is 0 Å². The number of hydrogen-bond acceptors (Lipinski definition) is 4. The normalized spacial score (nSPS) is 12.8. The van der Waals surface area contributed by atoms with Crippen LogP contribution in [0.4, 0.5) is 10.1 Å². The molecule has 7 nitrogen and oxygen atoms in total. The number of carbonyl (C=O) groups excluding carboxylic acids is 2. The summed E-state index contributed by atoms with van der Waals surface area (Å²) < 4.78 is 42.5. The Bertz CT molecular complexity index is 1410. The van der Waals surface area contributed by atoms with Gasteiger partial charge in [0.1, 0.15) is 18.4 Å². The highest BCUT2D eigenvalue weighted by molar-refractivity contribution is 7.92. The molecule has 3 aromatic carbocycles. The number of benzene rings is 3. The molecule has 0 aliphatic carbocycles. The minimum Gasteiger partial charge on any atom is -0.352 e. The molecule has 0 aliphatic rings. The molecule has 0 aromatic heterocycles. The first-order valence-corrected chi connectivity index (χ1v) is 14.9. The first-order valence-electron chi connectivity index (χ1n) is 13.5. The first-order chi connectivity index (χ1) is 19.0. The summed E-state index contributed by atoms with van der Waals surface area (Å²) in [4.78, 5) is 28.8. The van der Waals surface area contributed by atoms with E-state index in [1.807, 2.05) is 33.8 Å². The lowest BCUT2D eigenvalue weighted by Gasteiger charge is -2.33. The Morgan fingerprint density at radius 2 is 1.55 bits per heavy atom. The summed E-state index contributed by atoms with van der Waals surface area (Å²) >= 11 is 0. The molecule has 0 spiro atoms. The molecule has 2 amide bonds. The van der Waals surface area contributed by atoms with E-state index in [1.54, 1.807) is 49.4 Å². The van der Waals surface area contributed by atoms with Crippen molar-refractivity contribution in [2.75, 3.05) is 10.8 Å². The minimum atomic E-state index is -4.13. The predicted molar refractivity (Wildman–Crippen MR) is 156 cm³/mol. The van der Waals surface area contributed by atoms with Crippen LogP contribution in [0.5, 0.6) is 0 Å². The number of sulfonamides is 1. The van der Waals surface area contributed by atoms with Crippen molar-refractivity contribution in [3.8, 4) is 0 Å². The molecule has 0 heterocycles. The van der Waals surface area contributed by atoms with Gasteiger partial charge in [0.25, 0.3) is 10.0 Å².